The Morgan fingerprint density at radius 3 is 2.96 bits per heavy atom. The van der Waals surface area contributed by atoms with Crippen molar-refractivity contribution in [3.63, 3.8) is 0 Å². The first-order valence-corrected chi connectivity index (χ1v) is 7.84. The average molecular weight is 338 g/mol. The maximum atomic E-state index is 13.7. The zero-order chi connectivity index (χ0) is 17.4. The molecule has 0 atom stereocenters. The van der Waals surface area contributed by atoms with Crippen molar-refractivity contribution in [2.45, 2.75) is 26.2 Å². The molecule has 0 aliphatic carbocycles. The number of benzene rings is 1. The number of rotatable bonds is 9. The number of amides is 1. The third-order valence-corrected chi connectivity index (χ3v) is 3.31. The molecular weight excluding hydrogens is 318 g/mol. The van der Waals surface area contributed by atoms with Gasteiger partial charge in [0.25, 0.3) is 0 Å². The molecule has 2 rings (SSSR count). The third kappa shape index (κ3) is 5.42. The Hall–Kier alpha value is -2.28. The first-order chi connectivity index (χ1) is 11.6. The maximum absolute atomic E-state index is 13.7. The Kier molecular flexibility index (Phi) is 6.87. The summed E-state index contributed by atoms with van der Waals surface area (Å²) in [6.45, 7) is 3.75. The van der Waals surface area contributed by atoms with E-state index in [1.54, 1.807) is 0 Å². The van der Waals surface area contributed by atoms with Crippen LogP contribution in [0.2, 0.25) is 0 Å². The number of hydrogen-bond donors (Lipinski definition) is 1. The van der Waals surface area contributed by atoms with Gasteiger partial charge in [-0.15, -0.1) is 0 Å². The largest absolute Gasteiger partial charge is 0.441 e. The first kappa shape index (κ1) is 18.1. The quantitative estimate of drug-likeness (QED) is 0.714. The number of carbonyl (C=O) groups is 1. The van der Waals surface area contributed by atoms with Crippen LogP contribution in [0.1, 0.15) is 25.7 Å². The van der Waals surface area contributed by atoms with Gasteiger partial charge >= 0.3 is 0 Å². The fourth-order valence-corrected chi connectivity index (χ4v) is 2.09. The summed E-state index contributed by atoms with van der Waals surface area (Å²) in [6, 6.07) is 3.23. The van der Waals surface area contributed by atoms with E-state index in [0.29, 0.717) is 32.1 Å². The predicted octanol–water partition coefficient (Wildman–Crippen LogP) is 3.10. The third-order valence-electron chi connectivity index (χ3n) is 3.31. The summed E-state index contributed by atoms with van der Waals surface area (Å²) in [5.74, 6) is -0.946. The lowest BCUT2D eigenvalue weighted by molar-refractivity contribution is -0.121. The lowest BCUT2D eigenvalue weighted by Crippen LogP contribution is -2.25. The standard InChI is InChI=1S/C17H20F2N2O3/c1-2-23-9-3-8-20-16(22)6-7-17-21-11-15(24-17)13-5-4-12(18)10-14(13)19/h4-5,10-11H,2-3,6-9H2,1H3,(H,20,22). The number of nitrogens with one attached hydrogen (secondary N) is 1. The normalized spacial score (nSPS) is 10.8. The van der Waals surface area contributed by atoms with Gasteiger partial charge < -0.3 is 14.5 Å². The highest BCUT2D eigenvalue weighted by atomic mass is 19.1. The van der Waals surface area contributed by atoms with Crippen LogP contribution in [-0.4, -0.2) is 30.6 Å². The molecule has 7 heteroatoms. The Bertz CT molecular complexity index is 674. The number of halogens is 2. The maximum Gasteiger partial charge on any atom is 0.220 e. The summed E-state index contributed by atoms with van der Waals surface area (Å²) in [6.07, 6.45) is 2.65. The molecule has 2 aromatic rings. The summed E-state index contributed by atoms with van der Waals surface area (Å²) in [7, 11) is 0. The van der Waals surface area contributed by atoms with Crippen molar-refractivity contribution in [1.29, 1.82) is 0 Å². The van der Waals surface area contributed by atoms with E-state index in [1.165, 1.54) is 12.3 Å². The molecule has 1 amide bonds. The topological polar surface area (TPSA) is 64.4 Å². The van der Waals surface area contributed by atoms with E-state index in [0.717, 1.165) is 18.6 Å². The molecule has 24 heavy (non-hydrogen) atoms. The Balaban J connectivity index is 1.80. The summed E-state index contributed by atoms with van der Waals surface area (Å²) >= 11 is 0. The molecule has 5 nitrogen and oxygen atoms in total. The molecule has 0 spiro atoms. The minimum atomic E-state index is -0.718. The van der Waals surface area contributed by atoms with Crippen LogP contribution in [-0.2, 0) is 16.0 Å². The van der Waals surface area contributed by atoms with Crippen molar-refractivity contribution in [3.05, 3.63) is 41.9 Å². The van der Waals surface area contributed by atoms with Gasteiger partial charge in [-0.05, 0) is 25.5 Å². The van der Waals surface area contributed by atoms with Crippen LogP contribution in [0.3, 0.4) is 0 Å². The fraction of sp³-hybridized carbons (Fsp3) is 0.412. The Morgan fingerprint density at radius 1 is 1.38 bits per heavy atom. The van der Waals surface area contributed by atoms with Gasteiger partial charge in [-0.2, -0.15) is 0 Å². The highest BCUT2D eigenvalue weighted by molar-refractivity contribution is 5.76. The number of carbonyl (C=O) groups excluding carboxylic acids is 1. The van der Waals surface area contributed by atoms with Crippen molar-refractivity contribution < 1.29 is 22.7 Å². The van der Waals surface area contributed by atoms with Crippen LogP contribution >= 0.6 is 0 Å². The molecule has 0 saturated carbocycles. The SMILES string of the molecule is CCOCCCNC(=O)CCc1ncc(-c2ccc(F)cc2F)o1. The number of nitrogens with zero attached hydrogens (tertiary/aromatic N) is 1. The van der Waals surface area contributed by atoms with E-state index < -0.39 is 11.6 Å². The molecule has 0 bridgehead atoms. The van der Waals surface area contributed by atoms with Crippen LogP contribution < -0.4 is 5.32 Å². The average Bonchev–Trinajstić information content (AvgIpc) is 3.01. The van der Waals surface area contributed by atoms with Gasteiger partial charge in [0.15, 0.2) is 11.7 Å². The molecule has 0 aliphatic rings. The van der Waals surface area contributed by atoms with Gasteiger partial charge in [0.2, 0.25) is 5.91 Å². The first-order valence-electron chi connectivity index (χ1n) is 7.84. The molecule has 1 aromatic heterocycles. The molecule has 0 radical (unpaired) electrons. The Morgan fingerprint density at radius 2 is 2.21 bits per heavy atom. The van der Waals surface area contributed by atoms with Gasteiger partial charge in [-0.25, -0.2) is 13.8 Å². The molecular formula is C17H20F2N2O3. The van der Waals surface area contributed by atoms with Crippen LogP contribution in [0.5, 0.6) is 0 Å². The number of hydrogen-bond acceptors (Lipinski definition) is 4. The number of ether oxygens (including phenoxy) is 1. The monoisotopic (exact) mass is 338 g/mol. The van der Waals surface area contributed by atoms with Gasteiger partial charge in [0.05, 0.1) is 11.8 Å². The lowest BCUT2D eigenvalue weighted by Gasteiger charge is -2.04. The molecule has 0 aliphatic heterocycles. The minimum Gasteiger partial charge on any atom is -0.441 e. The molecule has 1 aromatic carbocycles. The zero-order valence-corrected chi connectivity index (χ0v) is 13.5. The second-order valence-corrected chi connectivity index (χ2v) is 5.14. The fourth-order valence-electron chi connectivity index (χ4n) is 2.09. The molecule has 1 N–H and O–H groups in total. The highest BCUT2D eigenvalue weighted by Gasteiger charge is 2.12. The second-order valence-electron chi connectivity index (χ2n) is 5.14. The molecule has 1 heterocycles. The molecule has 0 saturated heterocycles. The van der Waals surface area contributed by atoms with Crippen LogP contribution in [0.25, 0.3) is 11.3 Å². The highest BCUT2D eigenvalue weighted by Crippen LogP contribution is 2.24. The van der Waals surface area contributed by atoms with Gasteiger partial charge in [-0.1, -0.05) is 0 Å². The van der Waals surface area contributed by atoms with Crippen molar-refractivity contribution in [1.82, 2.24) is 10.3 Å². The molecule has 130 valence electrons. The second kappa shape index (κ2) is 9.12. The van der Waals surface area contributed by atoms with Gasteiger partial charge in [0.1, 0.15) is 11.6 Å². The summed E-state index contributed by atoms with van der Waals surface area (Å²) < 4.78 is 37.2. The van der Waals surface area contributed by atoms with Crippen LogP contribution in [0, 0.1) is 11.6 Å². The van der Waals surface area contributed by atoms with Crippen LogP contribution in [0.15, 0.2) is 28.8 Å². The summed E-state index contributed by atoms with van der Waals surface area (Å²) in [5, 5.41) is 2.78. The summed E-state index contributed by atoms with van der Waals surface area (Å²) in [4.78, 5) is 15.7. The van der Waals surface area contributed by atoms with Crippen molar-refractivity contribution in [2.24, 2.45) is 0 Å². The van der Waals surface area contributed by atoms with Crippen LogP contribution in [0.4, 0.5) is 8.78 Å². The van der Waals surface area contributed by atoms with E-state index in [4.69, 9.17) is 9.15 Å². The molecule has 0 fully saturated rings. The predicted molar refractivity (Wildman–Crippen MR) is 84.3 cm³/mol. The lowest BCUT2D eigenvalue weighted by atomic mass is 10.2. The Labute approximate surface area is 139 Å². The van der Waals surface area contributed by atoms with Gasteiger partial charge in [-0.3, -0.25) is 4.79 Å². The van der Waals surface area contributed by atoms with Crippen molar-refractivity contribution in [2.75, 3.05) is 19.8 Å². The zero-order valence-electron chi connectivity index (χ0n) is 13.5. The minimum absolute atomic E-state index is 0.112. The van der Waals surface area contributed by atoms with E-state index in [1.807, 2.05) is 6.92 Å². The number of oxazole rings is 1. The van der Waals surface area contributed by atoms with E-state index in [2.05, 4.69) is 10.3 Å². The van der Waals surface area contributed by atoms with Gasteiger partial charge in [0, 0.05) is 38.7 Å². The van der Waals surface area contributed by atoms with E-state index >= 15 is 0 Å². The van der Waals surface area contributed by atoms with Crippen molar-refractivity contribution >= 4 is 5.91 Å². The number of aromatic nitrogens is 1. The van der Waals surface area contributed by atoms with E-state index in [-0.39, 0.29) is 23.7 Å². The van der Waals surface area contributed by atoms with E-state index in [9.17, 15) is 13.6 Å². The van der Waals surface area contributed by atoms with Crippen molar-refractivity contribution in [3.8, 4) is 11.3 Å². The number of aryl methyl sites for hydroxylation is 1. The molecule has 0 unspecified atom stereocenters. The smallest absolute Gasteiger partial charge is 0.220 e. The summed E-state index contributed by atoms with van der Waals surface area (Å²) in [5.41, 5.74) is 0.135.